The van der Waals surface area contributed by atoms with Crippen molar-refractivity contribution in [2.24, 2.45) is 0 Å². The van der Waals surface area contributed by atoms with Gasteiger partial charge in [0.15, 0.2) is 6.29 Å². The minimum atomic E-state index is -1.49. The van der Waals surface area contributed by atoms with E-state index >= 15 is 0 Å². The third-order valence-electron chi connectivity index (χ3n) is 4.80. The van der Waals surface area contributed by atoms with Crippen molar-refractivity contribution in [3.8, 4) is 0 Å². The first-order valence-electron chi connectivity index (χ1n) is 8.68. The highest BCUT2D eigenvalue weighted by atomic mass is 16.7. The van der Waals surface area contributed by atoms with Crippen LogP contribution in [0.25, 0.3) is 0 Å². The number of aliphatic hydroxyl groups is 5. The molecule has 2 fully saturated rings. The van der Waals surface area contributed by atoms with Gasteiger partial charge in [0.05, 0.1) is 24.9 Å². The molecule has 0 aliphatic carbocycles. The predicted octanol–water partition coefficient (Wildman–Crippen LogP) is -1.10. The molecule has 0 aromatic heterocycles. The summed E-state index contributed by atoms with van der Waals surface area (Å²) in [5, 5.41) is 49.2. The average molecular weight is 350 g/mol. The number of hydrogen-bond acceptors (Lipinski definition) is 8. The summed E-state index contributed by atoms with van der Waals surface area (Å²) in [6, 6.07) is 0. The van der Waals surface area contributed by atoms with E-state index in [-0.39, 0.29) is 6.10 Å². The van der Waals surface area contributed by atoms with E-state index in [9.17, 15) is 25.5 Å². The van der Waals surface area contributed by atoms with Crippen LogP contribution in [0.5, 0.6) is 0 Å². The van der Waals surface area contributed by atoms with E-state index in [1.54, 1.807) is 6.92 Å². The first-order valence-corrected chi connectivity index (χ1v) is 8.68. The molecule has 0 radical (unpaired) electrons. The molecular weight excluding hydrogens is 320 g/mol. The summed E-state index contributed by atoms with van der Waals surface area (Å²) >= 11 is 0. The molecule has 0 saturated carbocycles. The first kappa shape index (κ1) is 20.0. The largest absolute Gasteiger partial charge is 0.394 e. The number of hydrogen-bond donors (Lipinski definition) is 5. The van der Waals surface area contributed by atoms with E-state index in [1.807, 2.05) is 0 Å². The van der Waals surface area contributed by atoms with E-state index < -0.39 is 55.6 Å². The summed E-state index contributed by atoms with van der Waals surface area (Å²) in [7, 11) is 0. The standard InChI is InChI=1S/C16H30O8/c1-3-4-5-9-6-10(12(18)8(2)22-9)23-16-15(21)14(20)13(19)11(7-17)24-16/h8-21H,3-7H2,1-2H3. The number of aliphatic hydroxyl groups excluding tert-OH is 5. The number of ether oxygens (including phenoxy) is 3. The topological polar surface area (TPSA) is 129 Å². The molecule has 2 saturated heterocycles. The van der Waals surface area contributed by atoms with Crippen molar-refractivity contribution in [2.75, 3.05) is 6.61 Å². The fraction of sp³-hybridized carbons (Fsp3) is 1.00. The molecule has 2 heterocycles. The summed E-state index contributed by atoms with van der Waals surface area (Å²) in [6.07, 6.45) is -5.33. The van der Waals surface area contributed by atoms with Crippen molar-refractivity contribution in [3.05, 3.63) is 0 Å². The lowest BCUT2D eigenvalue weighted by molar-refractivity contribution is -0.327. The lowest BCUT2D eigenvalue weighted by Crippen LogP contribution is -2.61. The third kappa shape index (κ3) is 4.44. The summed E-state index contributed by atoms with van der Waals surface area (Å²) in [4.78, 5) is 0. The maximum atomic E-state index is 10.3. The Morgan fingerprint density at radius 3 is 2.33 bits per heavy atom. The van der Waals surface area contributed by atoms with Gasteiger partial charge in [-0.25, -0.2) is 0 Å². The fourth-order valence-electron chi connectivity index (χ4n) is 3.25. The second-order valence-electron chi connectivity index (χ2n) is 6.70. The van der Waals surface area contributed by atoms with Gasteiger partial charge in [-0.1, -0.05) is 19.8 Å². The van der Waals surface area contributed by atoms with E-state index in [2.05, 4.69) is 6.92 Å². The number of unbranched alkanes of at least 4 members (excludes halogenated alkanes) is 1. The summed E-state index contributed by atoms with van der Waals surface area (Å²) in [5.41, 5.74) is 0. The normalized spacial score (nSPS) is 46.9. The predicted molar refractivity (Wildman–Crippen MR) is 83.1 cm³/mol. The molecular formula is C16H30O8. The Labute approximate surface area is 142 Å². The SMILES string of the molecule is CCCCC1CC(OC2OC(CO)C(O)C(O)C2O)C(O)C(C)O1. The molecule has 0 amide bonds. The van der Waals surface area contributed by atoms with E-state index in [0.29, 0.717) is 6.42 Å². The Morgan fingerprint density at radius 1 is 1.00 bits per heavy atom. The van der Waals surface area contributed by atoms with Crippen molar-refractivity contribution in [3.63, 3.8) is 0 Å². The highest BCUT2D eigenvalue weighted by Gasteiger charge is 2.46. The van der Waals surface area contributed by atoms with Crippen LogP contribution in [0.15, 0.2) is 0 Å². The van der Waals surface area contributed by atoms with Crippen LogP contribution in [0.4, 0.5) is 0 Å². The Balaban J connectivity index is 2.01. The smallest absolute Gasteiger partial charge is 0.187 e. The quantitative estimate of drug-likeness (QED) is 0.408. The highest BCUT2D eigenvalue weighted by molar-refractivity contribution is 4.91. The molecule has 9 unspecified atom stereocenters. The van der Waals surface area contributed by atoms with E-state index in [0.717, 1.165) is 19.3 Å². The van der Waals surface area contributed by atoms with Crippen molar-refractivity contribution in [1.29, 1.82) is 0 Å². The van der Waals surface area contributed by atoms with Gasteiger partial charge < -0.3 is 39.7 Å². The monoisotopic (exact) mass is 350 g/mol. The highest BCUT2D eigenvalue weighted by Crippen LogP contribution is 2.30. The lowest BCUT2D eigenvalue weighted by Gasteiger charge is -2.44. The van der Waals surface area contributed by atoms with Gasteiger partial charge in [-0.15, -0.1) is 0 Å². The maximum absolute atomic E-state index is 10.3. The van der Waals surface area contributed by atoms with Crippen LogP contribution in [-0.2, 0) is 14.2 Å². The van der Waals surface area contributed by atoms with Crippen LogP contribution >= 0.6 is 0 Å². The molecule has 8 nitrogen and oxygen atoms in total. The Bertz CT molecular complexity index is 379. The van der Waals surface area contributed by atoms with Crippen LogP contribution in [0, 0.1) is 0 Å². The molecule has 5 N–H and O–H groups in total. The van der Waals surface area contributed by atoms with Crippen LogP contribution in [-0.4, -0.2) is 87.3 Å². The van der Waals surface area contributed by atoms with Gasteiger partial charge in [-0.2, -0.15) is 0 Å². The van der Waals surface area contributed by atoms with Crippen molar-refractivity contribution < 1.29 is 39.7 Å². The summed E-state index contributed by atoms with van der Waals surface area (Å²) in [6.45, 7) is 3.33. The second-order valence-corrected chi connectivity index (χ2v) is 6.70. The van der Waals surface area contributed by atoms with Crippen LogP contribution < -0.4 is 0 Å². The summed E-state index contributed by atoms with van der Waals surface area (Å²) < 4.78 is 16.8. The molecule has 0 aromatic rings. The molecule has 2 rings (SSSR count). The minimum Gasteiger partial charge on any atom is -0.394 e. The van der Waals surface area contributed by atoms with Crippen LogP contribution in [0.1, 0.15) is 39.5 Å². The Hall–Kier alpha value is -0.320. The van der Waals surface area contributed by atoms with Gasteiger partial charge in [0.1, 0.15) is 30.5 Å². The lowest BCUT2D eigenvalue weighted by atomic mass is 9.95. The number of rotatable bonds is 6. The Kier molecular flexibility index (Phi) is 7.39. The third-order valence-corrected chi connectivity index (χ3v) is 4.80. The molecule has 0 aromatic carbocycles. The molecule has 0 spiro atoms. The van der Waals surface area contributed by atoms with Crippen molar-refractivity contribution in [2.45, 2.75) is 94.7 Å². The summed E-state index contributed by atoms with van der Waals surface area (Å²) in [5.74, 6) is 0. The molecule has 8 heteroatoms. The zero-order chi connectivity index (χ0) is 17.9. The maximum Gasteiger partial charge on any atom is 0.187 e. The van der Waals surface area contributed by atoms with Crippen molar-refractivity contribution >= 4 is 0 Å². The molecule has 24 heavy (non-hydrogen) atoms. The zero-order valence-corrected chi connectivity index (χ0v) is 14.2. The van der Waals surface area contributed by atoms with Gasteiger partial charge in [-0.3, -0.25) is 0 Å². The zero-order valence-electron chi connectivity index (χ0n) is 14.2. The van der Waals surface area contributed by atoms with Crippen molar-refractivity contribution in [1.82, 2.24) is 0 Å². The van der Waals surface area contributed by atoms with E-state index in [4.69, 9.17) is 14.2 Å². The van der Waals surface area contributed by atoms with Gasteiger partial charge in [0.25, 0.3) is 0 Å². The molecule has 9 atom stereocenters. The molecule has 142 valence electrons. The molecule has 2 aliphatic heterocycles. The van der Waals surface area contributed by atoms with Crippen LogP contribution in [0.3, 0.4) is 0 Å². The molecule has 0 bridgehead atoms. The fourth-order valence-corrected chi connectivity index (χ4v) is 3.25. The average Bonchev–Trinajstić information content (AvgIpc) is 2.57. The first-order chi connectivity index (χ1) is 11.4. The van der Waals surface area contributed by atoms with E-state index in [1.165, 1.54) is 0 Å². The van der Waals surface area contributed by atoms with Gasteiger partial charge in [0.2, 0.25) is 0 Å². The van der Waals surface area contributed by atoms with Gasteiger partial charge in [-0.05, 0) is 13.3 Å². The second kappa shape index (κ2) is 8.86. The van der Waals surface area contributed by atoms with Gasteiger partial charge >= 0.3 is 0 Å². The minimum absolute atomic E-state index is 0.0572. The van der Waals surface area contributed by atoms with Gasteiger partial charge in [0, 0.05) is 6.42 Å². The molecule has 2 aliphatic rings. The Morgan fingerprint density at radius 2 is 1.71 bits per heavy atom. The van der Waals surface area contributed by atoms with Crippen LogP contribution in [0.2, 0.25) is 0 Å².